The molecule has 4 heteroatoms. The molecule has 1 aromatic heterocycles. The lowest BCUT2D eigenvalue weighted by Gasteiger charge is -2.57. The molecule has 4 saturated carbocycles. The highest BCUT2D eigenvalue weighted by Gasteiger charge is 2.54. The zero-order valence-corrected chi connectivity index (χ0v) is 48.9. The number of nitrogens with zero attached hydrogens (tertiary/aromatic N) is 2. The van der Waals surface area contributed by atoms with Crippen molar-refractivity contribution in [2.75, 3.05) is 9.80 Å². The molecule has 4 bridgehead atoms. The average molecular weight is 997 g/mol. The van der Waals surface area contributed by atoms with Crippen molar-refractivity contribution in [1.82, 2.24) is 0 Å². The van der Waals surface area contributed by atoms with Gasteiger partial charge < -0.3 is 9.80 Å². The van der Waals surface area contributed by atoms with Crippen molar-refractivity contribution in [3.63, 3.8) is 0 Å². The van der Waals surface area contributed by atoms with Crippen molar-refractivity contribution in [1.29, 1.82) is 0 Å². The highest BCUT2D eigenvalue weighted by atomic mass is 32.1. The fourth-order valence-electron chi connectivity index (χ4n) is 17.7. The normalized spacial score (nSPS) is 27.5. The molecule has 0 saturated heterocycles. The summed E-state index contributed by atoms with van der Waals surface area (Å²) in [5.41, 5.74) is 24.6. The van der Waals surface area contributed by atoms with Crippen LogP contribution in [0.25, 0.3) is 10.1 Å². The Balaban J connectivity index is 1.13. The van der Waals surface area contributed by atoms with Crippen molar-refractivity contribution >= 4 is 78.0 Å². The molecule has 4 fully saturated rings. The first-order valence-corrected chi connectivity index (χ1v) is 30.3. The Morgan fingerprint density at radius 3 is 1.47 bits per heavy atom. The maximum absolute atomic E-state index is 2.85. The van der Waals surface area contributed by atoms with Gasteiger partial charge in [-0.3, -0.25) is 0 Å². The van der Waals surface area contributed by atoms with E-state index in [9.17, 15) is 0 Å². The largest absolute Gasteiger partial charge is 0.311 e. The van der Waals surface area contributed by atoms with E-state index in [1.807, 2.05) is 0 Å². The Bertz CT molecular complexity index is 3350. The van der Waals surface area contributed by atoms with Gasteiger partial charge in [0, 0.05) is 43.3 Å². The van der Waals surface area contributed by atoms with Crippen LogP contribution >= 0.6 is 11.3 Å². The molecule has 0 atom stereocenters. The lowest BCUT2D eigenvalue weighted by molar-refractivity contribution is -0.00514. The summed E-state index contributed by atoms with van der Waals surface area (Å²) in [6.45, 7) is 37.5. The molecular weight excluding hydrogens is 912 g/mol. The standard InChI is InChI=1S/C70H85BN2S/c1-63(2,3)44-16-18-46(19-17-44)73-58-32-45(70-38-41-28-42(39-70)30-43(29-41)40-70)31-57-60(58)71(62-61(73)48-34-51-54(37-59(48)74-62)69(14,15)27-24-66(51,8)9)55-35-52-53(68(12,13)26-25-67(52,10)11)36-56(55)72(57)47-20-21-49-50(33-47)65(6,7)23-22-64(49,4)5/h16-21,31-37,41-43H,22-30,38-40H2,1-15H3. The maximum Gasteiger partial charge on any atom is 0.264 e. The van der Waals surface area contributed by atoms with Gasteiger partial charge in [0.2, 0.25) is 0 Å². The van der Waals surface area contributed by atoms with E-state index < -0.39 is 0 Å². The van der Waals surface area contributed by atoms with Gasteiger partial charge in [-0.05, 0) is 248 Å². The summed E-state index contributed by atoms with van der Waals surface area (Å²) >= 11 is 2.13. The van der Waals surface area contributed by atoms with Crippen molar-refractivity contribution < 1.29 is 0 Å². The summed E-state index contributed by atoms with van der Waals surface area (Å²) in [5, 5.41) is 1.45. The number of benzene rings is 5. The predicted octanol–water partition coefficient (Wildman–Crippen LogP) is 17.8. The molecule has 0 spiro atoms. The summed E-state index contributed by atoms with van der Waals surface area (Å²) < 4.78 is 2.98. The lowest BCUT2D eigenvalue weighted by Crippen LogP contribution is -2.61. The maximum atomic E-state index is 2.85. The Kier molecular flexibility index (Phi) is 9.79. The van der Waals surface area contributed by atoms with Gasteiger partial charge in [-0.25, -0.2) is 0 Å². The van der Waals surface area contributed by atoms with Crippen LogP contribution in [0.3, 0.4) is 0 Å². The summed E-state index contributed by atoms with van der Waals surface area (Å²) in [7, 11) is 0. The van der Waals surface area contributed by atoms with Gasteiger partial charge in [0.05, 0.1) is 5.69 Å². The molecule has 5 aromatic carbocycles. The van der Waals surface area contributed by atoms with E-state index in [-0.39, 0.29) is 50.0 Å². The van der Waals surface area contributed by atoms with Crippen molar-refractivity contribution in [3.8, 4) is 0 Å². The van der Waals surface area contributed by atoms with Crippen LogP contribution in [0.2, 0.25) is 0 Å². The van der Waals surface area contributed by atoms with E-state index in [1.54, 1.807) is 38.9 Å². The first-order valence-electron chi connectivity index (χ1n) is 29.5. The molecule has 2 nitrogen and oxygen atoms in total. The van der Waals surface area contributed by atoms with E-state index in [4.69, 9.17) is 0 Å². The van der Waals surface area contributed by atoms with Crippen LogP contribution in [0.4, 0.5) is 34.1 Å². The molecule has 0 unspecified atom stereocenters. The highest BCUT2D eigenvalue weighted by Crippen LogP contribution is 2.63. The zero-order valence-electron chi connectivity index (χ0n) is 48.1. The number of hydrogen-bond donors (Lipinski definition) is 0. The fourth-order valence-corrected chi connectivity index (χ4v) is 19.1. The Labute approximate surface area is 450 Å². The van der Waals surface area contributed by atoms with Gasteiger partial charge in [0.15, 0.2) is 0 Å². The van der Waals surface area contributed by atoms with Crippen LogP contribution in [0.1, 0.15) is 225 Å². The first-order chi connectivity index (χ1) is 34.6. The van der Waals surface area contributed by atoms with Gasteiger partial charge in [-0.15, -0.1) is 11.3 Å². The monoisotopic (exact) mass is 997 g/mol. The Hall–Kier alpha value is -4.28. The van der Waals surface area contributed by atoms with Crippen molar-refractivity contribution in [3.05, 3.63) is 123 Å². The van der Waals surface area contributed by atoms with Crippen LogP contribution in [-0.4, -0.2) is 6.71 Å². The molecule has 384 valence electrons. The van der Waals surface area contributed by atoms with Gasteiger partial charge in [-0.2, -0.15) is 0 Å². The summed E-state index contributed by atoms with van der Waals surface area (Å²) in [5.74, 6) is 2.57. The smallest absolute Gasteiger partial charge is 0.264 e. The third-order valence-corrected chi connectivity index (χ3v) is 23.5. The number of thiophene rings is 1. The Morgan fingerprint density at radius 1 is 0.473 bits per heavy atom. The van der Waals surface area contributed by atoms with Crippen molar-refractivity contribution in [2.45, 2.75) is 224 Å². The molecule has 0 amide bonds. The van der Waals surface area contributed by atoms with Gasteiger partial charge in [0.1, 0.15) is 0 Å². The predicted molar refractivity (Wildman–Crippen MR) is 320 cm³/mol. The highest BCUT2D eigenvalue weighted by molar-refractivity contribution is 7.33. The van der Waals surface area contributed by atoms with Crippen LogP contribution < -0.4 is 25.5 Å². The summed E-state index contributed by atoms with van der Waals surface area (Å²) in [6.07, 6.45) is 15.7. The van der Waals surface area contributed by atoms with E-state index in [1.165, 1.54) is 143 Å². The third-order valence-electron chi connectivity index (χ3n) is 22.3. The van der Waals surface area contributed by atoms with E-state index in [0.29, 0.717) is 0 Å². The molecular formula is C70H85BN2S. The van der Waals surface area contributed by atoms with Crippen LogP contribution in [0.15, 0.2) is 78.9 Å². The minimum absolute atomic E-state index is 0.0607. The molecule has 0 N–H and O–H groups in total. The molecule has 3 heterocycles. The second-order valence-corrected chi connectivity index (χ2v) is 32.3. The molecule has 74 heavy (non-hydrogen) atoms. The number of anilines is 6. The summed E-state index contributed by atoms with van der Waals surface area (Å²) in [6, 6.07) is 34.3. The average Bonchev–Trinajstić information content (AvgIpc) is 3.75. The number of fused-ring (bicyclic) bond motifs is 9. The fraction of sp³-hybridized carbons (Fsp3) is 0.543. The van der Waals surface area contributed by atoms with E-state index >= 15 is 0 Å². The zero-order chi connectivity index (χ0) is 51.8. The molecule has 2 aliphatic heterocycles. The molecule has 15 rings (SSSR count). The molecule has 7 aliphatic carbocycles. The third kappa shape index (κ3) is 6.79. The van der Waals surface area contributed by atoms with Gasteiger partial charge in [0.25, 0.3) is 6.71 Å². The van der Waals surface area contributed by atoms with E-state index in [0.717, 1.165) is 17.8 Å². The Morgan fingerprint density at radius 2 is 0.932 bits per heavy atom. The molecule has 9 aliphatic rings. The van der Waals surface area contributed by atoms with Crippen LogP contribution in [-0.2, 0) is 43.3 Å². The minimum Gasteiger partial charge on any atom is -0.311 e. The quantitative estimate of drug-likeness (QED) is 0.163. The second kappa shape index (κ2) is 15.0. The van der Waals surface area contributed by atoms with Crippen LogP contribution in [0.5, 0.6) is 0 Å². The second-order valence-electron chi connectivity index (χ2n) is 31.2. The first kappa shape index (κ1) is 48.1. The molecule has 0 radical (unpaired) electrons. The van der Waals surface area contributed by atoms with Gasteiger partial charge >= 0.3 is 0 Å². The SMILES string of the molecule is CC(C)(C)c1ccc(N2c3cc(C45CC6CC(CC(C6)C4)C5)cc4c3B(c3cc5c(cc3N4c3ccc4c(c3)C(C)(C)CCC4(C)C)C(C)(C)CCC5(C)C)c3sc4cc5c(cc4c32)C(C)(C)CCC5(C)C)cc1. The molecule has 6 aromatic rings. The van der Waals surface area contributed by atoms with Crippen LogP contribution in [0, 0.1) is 17.8 Å². The van der Waals surface area contributed by atoms with E-state index in [2.05, 4.69) is 204 Å². The number of hydrogen-bond acceptors (Lipinski definition) is 3. The summed E-state index contributed by atoms with van der Waals surface area (Å²) in [4.78, 5) is 5.69. The van der Waals surface area contributed by atoms with Crippen molar-refractivity contribution in [2.24, 2.45) is 17.8 Å². The van der Waals surface area contributed by atoms with Gasteiger partial charge in [-0.1, -0.05) is 128 Å². The minimum atomic E-state index is 0.0607. The lowest BCUT2D eigenvalue weighted by atomic mass is 9.35. The number of rotatable bonds is 3. The topological polar surface area (TPSA) is 6.48 Å².